The summed E-state index contributed by atoms with van der Waals surface area (Å²) in [5, 5.41) is 50.5. The maximum Gasteiger partial charge on any atom is 0.156 e. The van der Waals surface area contributed by atoms with Crippen molar-refractivity contribution >= 4 is 11.4 Å². The molecular weight excluding hydrogens is 256 g/mol. The number of rotatable bonds is 3. The largest absolute Gasteiger partial charge is 0.733 e. The molecule has 5 N–H and O–H groups in total. The van der Waals surface area contributed by atoms with E-state index in [-0.39, 0.29) is 17.5 Å². The Balaban J connectivity index is 2.06. The lowest BCUT2D eigenvalue weighted by molar-refractivity contribution is -0.178. The van der Waals surface area contributed by atoms with Gasteiger partial charge in [-0.15, -0.1) is 0 Å². The van der Waals surface area contributed by atoms with Crippen LogP contribution in [0.1, 0.15) is 0 Å². The maximum absolute atomic E-state index is 10.7. The molecule has 1 heterocycles. The molecule has 2 rings (SSSR count). The molecule has 8 nitrogen and oxygen atoms in total. The first-order chi connectivity index (χ1) is 8.99. The van der Waals surface area contributed by atoms with Crippen molar-refractivity contribution < 1.29 is 25.3 Å². The van der Waals surface area contributed by atoms with Gasteiger partial charge in [-0.25, -0.2) is 0 Å². The molecule has 1 aromatic carbocycles. The van der Waals surface area contributed by atoms with Gasteiger partial charge in [0.05, 0.1) is 12.3 Å². The highest BCUT2D eigenvalue weighted by Crippen LogP contribution is 2.22. The zero-order valence-electron chi connectivity index (χ0n) is 9.88. The summed E-state index contributed by atoms with van der Waals surface area (Å²) in [6, 6.07) is 5.87. The molecule has 1 aromatic rings. The predicted octanol–water partition coefficient (Wildman–Crippen LogP) is -0.769. The molecule has 0 aliphatic carbocycles. The van der Waals surface area contributed by atoms with E-state index in [1.807, 2.05) is 0 Å². The average molecular weight is 271 g/mol. The summed E-state index contributed by atoms with van der Waals surface area (Å²) in [6.45, 7) is -0.122. The van der Waals surface area contributed by atoms with Crippen LogP contribution in [0.4, 0.5) is 11.4 Å². The zero-order chi connectivity index (χ0) is 14.0. The van der Waals surface area contributed by atoms with E-state index in [2.05, 4.69) is 5.32 Å². The van der Waals surface area contributed by atoms with Gasteiger partial charge in [-0.05, 0) is 18.2 Å². The molecule has 0 radical (unpaired) electrons. The standard InChI is InChI=1S/C11H15N2O6/c14-8-5-19-11(10(16)9(8)15)12-6-2-1-3-7(4-6)13(17)18/h1-4,8-12,14-17H,5H2/q-1/t8-,9-,10+,11-/m1/s1. The highest BCUT2D eigenvalue weighted by molar-refractivity contribution is 5.57. The first-order valence-electron chi connectivity index (χ1n) is 5.67. The molecule has 19 heavy (non-hydrogen) atoms. The van der Waals surface area contributed by atoms with Gasteiger partial charge in [-0.1, -0.05) is 6.07 Å². The molecule has 0 spiro atoms. The normalized spacial score (nSPS) is 31.0. The molecule has 8 heteroatoms. The van der Waals surface area contributed by atoms with Crippen molar-refractivity contribution in [2.75, 3.05) is 17.2 Å². The van der Waals surface area contributed by atoms with Crippen LogP contribution in [0.2, 0.25) is 0 Å². The molecule has 1 aliphatic rings. The third-order valence-electron chi connectivity index (χ3n) is 2.88. The number of aliphatic hydroxyl groups is 3. The van der Waals surface area contributed by atoms with E-state index >= 15 is 0 Å². The Bertz CT molecular complexity index is 429. The number of aliphatic hydroxyl groups excluding tert-OH is 3. The second-order valence-corrected chi connectivity index (χ2v) is 4.27. The van der Waals surface area contributed by atoms with Crippen molar-refractivity contribution in [2.45, 2.75) is 24.5 Å². The van der Waals surface area contributed by atoms with Crippen LogP contribution in [-0.2, 0) is 4.74 Å². The lowest BCUT2D eigenvalue weighted by atomic mass is 10.0. The van der Waals surface area contributed by atoms with E-state index in [4.69, 9.17) is 9.94 Å². The SMILES string of the molecule is [O-]N(O)c1cccc(N[C@@H]2OC[C@@H](O)[C@@H](O)[C@@H]2O)c1. The lowest BCUT2D eigenvalue weighted by Crippen LogP contribution is -2.55. The number of hydrogen-bond donors (Lipinski definition) is 5. The minimum absolute atomic E-state index is 0.0101. The fourth-order valence-corrected chi connectivity index (χ4v) is 1.81. The van der Waals surface area contributed by atoms with Gasteiger partial charge in [-0.3, -0.25) is 5.21 Å². The smallest absolute Gasteiger partial charge is 0.156 e. The van der Waals surface area contributed by atoms with Crippen molar-refractivity contribution in [1.29, 1.82) is 0 Å². The van der Waals surface area contributed by atoms with E-state index in [9.17, 15) is 20.5 Å². The topological polar surface area (TPSA) is 128 Å². The van der Waals surface area contributed by atoms with E-state index in [1.165, 1.54) is 18.2 Å². The number of hydrogen-bond acceptors (Lipinski definition) is 8. The Morgan fingerprint density at radius 2 is 2.00 bits per heavy atom. The zero-order valence-corrected chi connectivity index (χ0v) is 9.88. The Kier molecular flexibility index (Phi) is 4.20. The molecule has 1 fully saturated rings. The average Bonchev–Trinajstić information content (AvgIpc) is 2.40. The van der Waals surface area contributed by atoms with E-state index in [0.29, 0.717) is 5.69 Å². The lowest BCUT2D eigenvalue weighted by Gasteiger charge is -2.36. The van der Waals surface area contributed by atoms with Gasteiger partial charge in [0.15, 0.2) is 6.23 Å². The first kappa shape index (κ1) is 14.0. The summed E-state index contributed by atoms with van der Waals surface area (Å²) < 4.78 is 5.15. The predicted molar refractivity (Wildman–Crippen MR) is 65.5 cm³/mol. The van der Waals surface area contributed by atoms with Crippen LogP contribution in [0.3, 0.4) is 0 Å². The minimum atomic E-state index is -1.32. The van der Waals surface area contributed by atoms with Crippen molar-refractivity contribution in [3.05, 3.63) is 29.5 Å². The number of ether oxygens (including phenoxy) is 1. The molecule has 1 aliphatic heterocycles. The quantitative estimate of drug-likeness (QED) is 0.453. The van der Waals surface area contributed by atoms with Crippen LogP contribution in [0.25, 0.3) is 0 Å². The molecule has 0 bridgehead atoms. The number of anilines is 2. The summed E-state index contributed by atoms with van der Waals surface area (Å²) in [7, 11) is 0. The minimum Gasteiger partial charge on any atom is -0.733 e. The maximum atomic E-state index is 10.7. The molecule has 0 unspecified atom stereocenters. The Hall–Kier alpha value is -1.42. The molecular formula is C11H15N2O6-. The van der Waals surface area contributed by atoms with Gasteiger partial charge < -0.3 is 35.8 Å². The third kappa shape index (κ3) is 3.13. The molecule has 106 valence electrons. The summed E-state index contributed by atoms with van der Waals surface area (Å²) >= 11 is 0. The van der Waals surface area contributed by atoms with Gasteiger partial charge in [0.2, 0.25) is 0 Å². The summed E-state index contributed by atoms with van der Waals surface area (Å²) in [6.07, 6.45) is -4.70. The van der Waals surface area contributed by atoms with Crippen molar-refractivity contribution in [2.24, 2.45) is 0 Å². The molecule has 0 aromatic heterocycles. The number of nitrogens with zero attached hydrogens (tertiary/aromatic N) is 1. The van der Waals surface area contributed by atoms with Crippen molar-refractivity contribution in [1.82, 2.24) is 0 Å². The van der Waals surface area contributed by atoms with Crippen LogP contribution < -0.4 is 10.5 Å². The summed E-state index contributed by atoms with van der Waals surface area (Å²) in [5.41, 5.74) is 0.427. The Morgan fingerprint density at radius 1 is 1.26 bits per heavy atom. The van der Waals surface area contributed by atoms with Crippen LogP contribution >= 0.6 is 0 Å². The Labute approximate surface area is 109 Å². The van der Waals surface area contributed by atoms with Gasteiger partial charge in [0, 0.05) is 5.69 Å². The van der Waals surface area contributed by atoms with E-state index in [1.54, 1.807) is 6.07 Å². The highest BCUT2D eigenvalue weighted by Gasteiger charge is 2.37. The van der Waals surface area contributed by atoms with Gasteiger partial charge >= 0.3 is 0 Å². The molecule has 4 atom stereocenters. The van der Waals surface area contributed by atoms with Crippen LogP contribution in [0, 0.1) is 5.21 Å². The Morgan fingerprint density at radius 3 is 2.68 bits per heavy atom. The van der Waals surface area contributed by atoms with Crippen LogP contribution in [-0.4, -0.2) is 51.7 Å². The number of nitrogens with one attached hydrogen (secondary N) is 1. The third-order valence-corrected chi connectivity index (χ3v) is 2.88. The van der Waals surface area contributed by atoms with Gasteiger partial charge in [0.25, 0.3) is 0 Å². The number of benzene rings is 1. The fraction of sp³-hybridized carbons (Fsp3) is 0.455. The summed E-state index contributed by atoms with van der Waals surface area (Å²) in [5.74, 6) is 0. The van der Waals surface area contributed by atoms with Crippen LogP contribution in [0.15, 0.2) is 24.3 Å². The van der Waals surface area contributed by atoms with Gasteiger partial charge in [-0.2, -0.15) is 0 Å². The van der Waals surface area contributed by atoms with Gasteiger partial charge in [0.1, 0.15) is 18.3 Å². The van der Waals surface area contributed by atoms with E-state index in [0.717, 1.165) is 0 Å². The molecule has 0 amide bonds. The van der Waals surface area contributed by atoms with Crippen molar-refractivity contribution in [3.8, 4) is 0 Å². The summed E-state index contributed by atoms with van der Waals surface area (Å²) in [4.78, 5) is 0. The van der Waals surface area contributed by atoms with Crippen LogP contribution in [0.5, 0.6) is 0 Å². The molecule has 1 saturated heterocycles. The monoisotopic (exact) mass is 271 g/mol. The van der Waals surface area contributed by atoms with Crippen molar-refractivity contribution in [3.63, 3.8) is 0 Å². The second-order valence-electron chi connectivity index (χ2n) is 4.27. The first-order valence-corrected chi connectivity index (χ1v) is 5.67. The second kappa shape index (κ2) is 5.70. The highest BCUT2D eigenvalue weighted by atomic mass is 16.8. The fourth-order valence-electron chi connectivity index (χ4n) is 1.81. The van der Waals surface area contributed by atoms with E-state index < -0.39 is 24.5 Å². The molecule has 0 saturated carbocycles.